The zero-order valence-corrected chi connectivity index (χ0v) is 19.5. The summed E-state index contributed by atoms with van der Waals surface area (Å²) in [5, 5.41) is 25.8. The molecule has 3 aliphatic heterocycles. The summed E-state index contributed by atoms with van der Waals surface area (Å²) in [5.41, 5.74) is 0.832. The van der Waals surface area contributed by atoms with Gasteiger partial charge in [-0.1, -0.05) is 0 Å². The summed E-state index contributed by atoms with van der Waals surface area (Å²) in [6, 6.07) is 2.57. The topological polar surface area (TPSA) is 188 Å². The number of nitrogens with one attached hydrogen (secondary N) is 4. The summed E-state index contributed by atoms with van der Waals surface area (Å²) in [5.74, 6) is -0.0285. The second-order valence-corrected chi connectivity index (χ2v) is 12.1. The van der Waals surface area contributed by atoms with Gasteiger partial charge in [0.15, 0.2) is 0 Å². The normalized spacial score (nSPS) is 23.1. The summed E-state index contributed by atoms with van der Waals surface area (Å²) in [6.45, 7) is 4.46. The number of nitrogens with zero attached hydrogens (tertiary/aromatic N) is 4. The minimum Gasteiger partial charge on any atom is -0.371 e. The number of benzene rings is 1. The lowest BCUT2D eigenvalue weighted by molar-refractivity contribution is 0.126. The number of aromatic nitrogens is 4. The Morgan fingerprint density at radius 3 is 2.42 bits per heavy atom. The maximum absolute atomic E-state index is 13.3. The van der Waals surface area contributed by atoms with Crippen LogP contribution < -0.4 is 25.4 Å². The first kappa shape index (κ1) is 22.6. The summed E-state index contributed by atoms with van der Waals surface area (Å²) in [7, 11) is -8.67. The number of anilines is 1. The van der Waals surface area contributed by atoms with E-state index >= 15 is 0 Å². The minimum atomic E-state index is -4.48. The van der Waals surface area contributed by atoms with Gasteiger partial charge in [0.05, 0.1) is 5.56 Å². The molecule has 0 aliphatic carbocycles. The van der Waals surface area contributed by atoms with Crippen molar-refractivity contribution in [2.45, 2.75) is 35.1 Å². The SMILES string of the molecule is NS(=O)(=O)c1c(S(=O)(=O)NC2CCNC2)ccc(N2CCC3(CC2)CNC3)c1-c1nn[nH]n1. The van der Waals surface area contributed by atoms with Crippen molar-refractivity contribution >= 4 is 25.7 Å². The molecule has 15 heteroatoms. The van der Waals surface area contributed by atoms with Crippen LogP contribution in [-0.2, 0) is 20.0 Å². The number of piperidine rings is 1. The highest BCUT2D eigenvalue weighted by atomic mass is 32.2. The highest BCUT2D eigenvalue weighted by Crippen LogP contribution is 2.42. The number of primary sulfonamides is 1. The number of H-pyrrole nitrogens is 1. The lowest BCUT2D eigenvalue weighted by atomic mass is 9.73. The van der Waals surface area contributed by atoms with Gasteiger partial charge in [-0.15, -0.1) is 10.2 Å². The Hall–Kier alpha value is -2.17. The van der Waals surface area contributed by atoms with Gasteiger partial charge in [0.25, 0.3) is 0 Å². The van der Waals surface area contributed by atoms with Crippen molar-refractivity contribution in [3.8, 4) is 11.4 Å². The molecular formula is C18H27N9O4S2. The molecular weight excluding hydrogens is 470 g/mol. The maximum Gasteiger partial charge on any atom is 0.242 e. The van der Waals surface area contributed by atoms with Gasteiger partial charge in [0.1, 0.15) is 9.79 Å². The molecule has 6 N–H and O–H groups in total. The van der Waals surface area contributed by atoms with E-state index in [1.165, 1.54) is 6.07 Å². The van der Waals surface area contributed by atoms with Crippen LogP contribution in [0.3, 0.4) is 0 Å². The van der Waals surface area contributed by atoms with Crippen LogP contribution in [0.5, 0.6) is 0 Å². The Labute approximate surface area is 192 Å². The van der Waals surface area contributed by atoms with E-state index in [1.54, 1.807) is 6.07 Å². The van der Waals surface area contributed by atoms with E-state index in [0.717, 1.165) is 25.9 Å². The van der Waals surface area contributed by atoms with Crippen LogP contribution in [0.15, 0.2) is 21.9 Å². The zero-order valence-electron chi connectivity index (χ0n) is 17.9. The molecule has 3 fully saturated rings. The highest BCUT2D eigenvalue weighted by molar-refractivity contribution is 7.92. The van der Waals surface area contributed by atoms with E-state index in [2.05, 4.69) is 36.0 Å². The van der Waals surface area contributed by atoms with Crippen molar-refractivity contribution in [1.29, 1.82) is 0 Å². The van der Waals surface area contributed by atoms with Crippen LogP contribution in [-0.4, -0.2) is 82.8 Å². The zero-order chi connectivity index (χ0) is 23.3. The average molecular weight is 498 g/mol. The molecule has 5 rings (SSSR count). The third-order valence-corrected chi connectivity index (χ3v) is 9.47. The predicted molar refractivity (Wildman–Crippen MR) is 119 cm³/mol. The van der Waals surface area contributed by atoms with Crippen molar-refractivity contribution in [3.63, 3.8) is 0 Å². The molecule has 0 radical (unpaired) electrons. The van der Waals surface area contributed by atoms with E-state index in [-0.39, 0.29) is 22.8 Å². The van der Waals surface area contributed by atoms with Crippen LogP contribution in [0.25, 0.3) is 11.4 Å². The lowest BCUT2D eigenvalue weighted by Crippen LogP contribution is -2.58. The fourth-order valence-electron chi connectivity index (χ4n) is 4.89. The van der Waals surface area contributed by atoms with Gasteiger partial charge < -0.3 is 15.5 Å². The van der Waals surface area contributed by atoms with E-state index in [1.807, 2.05) is 4.90 Å². The smallest absolute Gasteiger partial charge is 0.242 e. The third kappa shape index (κ3) is 4.24. The van der Waals surface area contributed by atoms with Crippen LogP contribution in [0.4, 0.5) is 5.69 Å². The van der Waals surface area contributed by atoms with Gasteiger partial charge >= 0.3 is 0 Å². The lowest BCUT2D eigenvalue weighted by Gasteiger charge is -2.49. The number of rotatable bonds is 6. The summed E-state index contributed by atoms with van der Waals surface area (Å²) in [6.07, 6.45) is 2.48. The molecule has 4 heterocycles. The first-order chi connectivity index (χ1) is 15.7. The summed E-state index contributed by atoms with van der Waals surface area (Å²) >= 11 is 0. The van der Waals surface area contributed by atoms with Crippen molar-refractivity contribution in [3.05, 3.63) is 12.1 Å². The summed E-state index contributed by atoms with van der Waals surface area (Å²) in [4.78, 5) is 1.09. The molecule has 0 bridgehead atoms. The Morgan fingerprint density at radius 2 is 1.88 bits per heavy atom. The largest absolute Gasteiger partial charge is 0.371 e. The third-order valence-electron chi connectivity index (χ3n) is 6.79. The number of aromatic amines is 1. The van der Waals surface area contributed by atoms with E-state index < -0.39 is 29.8 Å². The van der Waals surface area contributed by atoms with Crippen molar-refractivity contribution < 1.29 is 16.8 Å². The maximum atomic E-state index is 13.3. The van der Waals surface area contributed by atoms with Crippen molar-refractivity contribution in [2.75, 3.05) is 44.2 Å². The molecule has 1 spiro atoms. The standard InChI is InChI=1S/C18H27N9O4S2/c19-32(28,29)16-14(33(30,31)24-12-3-6-20-9-12)2-1-13(15(16)17-22-25-26-23-17)27-7-4-18(5-8-27)10-21-11-18/h1-2,12,20-21,24H,3-11H2,(H2,19,28,29)(H,22,23,25,26). The molecule has 33 heavy (non-hydrogen) atoms. The first-order valence-electron chi connectivity index (χ1n) is 10.8. The molecule has 1 aromatic carbocycles. The Balaban J connectivity index is 1.62. The number of tetrazole rings is 1. The molecule has 0 saturated carbocycles. The minimum absolute atomic E-state index is 0.0285. The molecule has 1 atom stereocenters. The Bertz CT molecular complexity index is 1230. The molecule has 3 aliphatic rings. The van der Waals surface area contributed by atoms with Crippen LogP contribution in [0.1, 0.15) is 19.3 Å². The second-order valence-electron chi connectivity index (χ2n) is 8.97. The second kappa shape index (κ2) is 8.25. The van der Waals surface area contributed by atoms with Crippen LogP contribution in [0, 0.1) is 5.41 Å². The number of sulfonamides is 2. The van der Waals surface area contributed by atoms with Gasteiger partial charge in [-0.2, -0.15) is 5.21 Å². The van der Waals surface area contributed by atoms with Gasteiger partial charge in [-0.25, -0.2) is 26.7 Å². The molecule has 13 nitrogen and oxygen atoms in total. The molecule has 1 unspecified atom stereocenters. The van der Waals surface area contributed by atoms with Crippen molar-refractivity contribution in [1.82, 2.24) is 36.0 Å². The van der Waals surface area contributed by atoms with Gasteiger partial charge in [-0.3, -0.25) is 0 Å². The monoisotopic (exact) mass is 497 g/mol. The molecule has 0 amide bonds. The predicted octanol–water partition coefficient (Wildman–Crippen LogP) is -1.66. The average Bonchev–Trinajstić information content (AvgIpc) is 3.45. The molecule has 180 valence electrons. The fraction of sp³-hybridized carbons (Fsp3) is 0.611. The molecule has 1 aromatic heterocycles. The summed E-state index contributed by atoms with van der Waals surface area (Å²) < 4.78 is 54.7. The number of hydrogen-bond donors (Lipinski definition) is 5. The molecule has 2 aromatic rings. The van der Waals surface area contributed by atoms with E-state index in [0.29, 0.717) is 38.3 Å². The Morgan fingerprint density at radius 1 is 1.12 bits per heavy atom. The van der Waals surface area contributed by atoms with Crippen LogP contribution in [0.2, 0.25) is 0 Å². The number of nitrogens with two attached hydrogens (primary N) is 1. The quantitative estimate of drug-likeness (QED) is 0.309. The Kier molecular flexibility index (Phi) is 5.65. The van der Waals surface area contributed by atoms with E-state index in [4.69, 9.17) is 5.14 Å². The van der Waals surface area contributed by atoms with Crippen LogP contribution >= 0.6 is 0 Å². The van der Waals surface area contributed by atoms with Gasteiger partial charge in [0.2, 0.25) is 25.9 Å². The fourth-order valence-corrected chi connectivity index (χ4v) is 7.75. The molecule has 3 saturated heterocycles. The van der Waals surface area contributed by atoms with Crippen molar-refractivity contribution in [2.24, 2.45) is 10.6 Å². The number of hydrogen-bond acceptors (Lipinski definition) is 10. The van der Waals surface area contributed by atoms with Gasteiger partial charge in [-0.05, 0) is 48.6 Å². The van der Waals surface area contributed by atoms with E-state index in [9.17, 15) is 16.8 Å². The highest BCUT2D eigenvalue weighted by Gasteiger charge is 2.41. The van der Waals surface area contributed by atoms with Gasteiger partial charge in [0, 0.05) is 44.5 Å². The first-order valence-corrected chi connectivity index (χ1v) is 13.8.